The maximum atomic E-state index is 12.3. The van der Waals surface area contributed by atoms with Gasteiger partial charge in [0, 0.05) is 17.3 Å². The predicted molar refractivity (Wildman–Crippen MR) is 97.6 cm³/mol. The summed E-state index contributed by atoms with van der Waals surface area (Å²) in [5.41, 5.74) is 2.01. The predicted octanol–water partition coefficient (Wildman–Crippen LogP) is 3.34. The quantitative estimate of drug-likeness (QED) is 0.716. The van der Waals surface area contributed by atoms with E-state index in [-0.39, 0.29) is 16.6 Å². The first kappa shape index (κ1) is 17.7. The lowest BCUT2D eigenvalue weighted by molar-refractivity contribution is 0.102. The van der Waals surface area contributed by atoms with E-state index >= 15 is 0 Å². The van der Waals surface area contributed by atoms with Crippen LogP contribution in [-0.2, 0) is 10.0 Å². The minimum Gasteiger partial charge on any atom is -0.360 e. The second kappa shape index (κ2) is 7.01. The molecule has 0 spiro atoms. The average molecular weight is 371 g/mol. The Morgan fingerprint density at radius 2 is 1.77 bits per heavy atom. The van der Waals surface area contributed by atoms with Gasteiger partial charge >= 0.3 is 0 Å². The van der Waals surface area contributed by atoms with Crippen LogP contribution in [0.2, 0.25) is 0 Å². The van der Waals surface area contributed by atoms with Crippen LogP contribution in [0.1, 0.15) is 21.7 Å². The van der Waals surface area contributed by atoms with Crippen molar-refractivity contribution in [2.24, 2.45) is 0 Å². The summed E-state index contributed by atoms with van der Waals surface area (Å²) in [6, 6.07) is 14.5. The van der Waals surface area contributed by atoms with Crippen LogP contribution in [-0.4, -0.2) is 19.5 Å². The number of amides is 1. The molecule has 1 aromatic heterocycles. The molecule has 0 aliphatic heterocycles. The number of anilines is 2. The van der Waals surface area contributed by atoms with Gasteiger partial charge in [-0.15, -0.1) is 0 Å². The lowest BCUT2D eigenvalue weighted by atomic mass is 10.1. The van der Waals surface area contributed by atoms with Crippen LogP contribution in [0.5, 0.6) is 0 Å². The molecule has 3 aromatic rings. The summed E-state index contributed by atoms with van der Waals surface area (Å²) in [5.74, 6) is 0.344. The van der Waals surface area contributed by atoms with E-state index in [0.29, 0.717) is 17.0 Å². The summed E-state index contributed by atoms with van der Waals surface area (Å²) in [7, 11) is -3.79. The SMILES string of the molecule is Cc1cccc(C(=O)Nc2ccc(S(=O)(=O)Nc3cc(C)on3)cc2)c1. The Labute approximate surface area is 151 Å². The first-order valence-corrected chi connectivity index (χ1v) is 9.26. The van der Waals surface area contributed by atoms with Crippen molar-refractivity contribution in [1.82, 2.24) is 5.16 Å². The summed E-state index contributed by atoms with van der Waals surface area (Å²) in [5, 5.41) is 6.34. The molecule has 2 N–H and O–H groups in total. The Balaban J connectivity index is 1.72. The minimum atomic E-state index is -3.79. The summed E-state index contributed by atoms with van der Waals surface area (Å²) in [6.45, 7) is 3.57. The number of hydrogen-bond donors (Lipinski definition) is 2. The van der Waals surface area contributed by atoms with E-state index in [1.54, 1.807) is 25.1 Å². The Morgan fingerprint density at radius 3 is 2.38 bits per heavy atom. The zero-order valence-corrected chi connectivity index (χ0v) is 15.0. The molecule has 0 aliphatic carbocycles. The van der Waals surface area contributed by atoms with Crippen LogP contribution in [0.3, 0.4) is 0 Å². The normalized spacial score (nSPS) is 11.2. The molecule has 7 nitrogen and oxygen atoms in total. The van der Waals surface area contributed by atoms with Crippen molar-refractivity contribution in [3.63, 3.8) is 0 Å². The summed E-state index contributed by atoms with van der Waals surface area (Å²) in [4.78, 5) is 12.3. The van der Waals surface area contributed by atoms with Crippen LogP contribution in [0, 0.1) is 13.8 Å². The molecular formula is C18H17N3O4S. The van der Waals surface area contributed by atoms with Gasteiger partial charge in [-0.05, 0) is 50.2 Å². The van der Waals surface area contributed by atoms with E-state index in [4.69, 9.17) is 4.52 Å². The minimum absolute atomic E-state index is 0.0479. The fourth-order valence-electron chi connectivity index (χ4n) is 2.32. The number of carbonyl (C=O) groups excluding carboxylic acids is 1. The Kier molecular flexibility index (Phi) is 4.77. The molecule has 1 heterocycles. The number of sulfonamides is 1. The highest BCUT2D eigenvalue weighted by atomic mass is 32.2. The van der Waals surface area contributed by atoms with Crippen molar-refractivity contribution in [3.8, 4) is 0 Å². The molecule has 134 valence electrons. The number of carbonyl (C=O) groups is 1. The molecule has 0 radical (unpaired) electrons. The van der Waals surface area contributed by atoms with Crippen molar-refractivity contribution in [1.29, 1.82) is 0 Å². The summed E-state index contributed by atoms with van der Waals surface area (Å²) >= 11 is 0. The van der Waals surface area contributed by atoms with Crippen LogP contribution >= 0.6 is 0 Å². The molecule has 0 saturated carbocycles. The van der Waals surface area contributed by atoms with Gasteiger partial charge in [0.25, 0.3) is 15.9 Å². The molecule has 1 amide bonds. The number of aromatic nitrogens is 1. The maximum absolute atomic E-state index is 12.3. The van der Waals surface area contributed by atoms with Crippen molar-refractivity contribution in [3.05, 3.63) is 71.5 Å². The van der Waals surface area contributed by atoms with Gasteiger partial charge in [-0.25, -0.2) is 8.42 Å². The lowest BCUT2D eigenvalue weighted by Crippen LogP contribution is -2.14. The molecule has 3 rings (SSSR count). The fraction of sp³-hybridized carbons (Fsp3) is 0.111. The highest BCUT2D eigenvalue weighted by molar-refractivity contribution is 7.92. The third-order valence-electron chi connectivity index (χ3n) is 3.57. The molecule has 2 aromatic carbocycles. The van der Waals surface area contributed by atoms with E-state index in [0.717, 1.165) is 5.56 Å². The van der Waals surface area contributed by atoms with Crippen molar-refractivity contribution >= 4 is 27.4 Å². The van der Waals surface area contributed by atoms with Gasteiger partial charge in [-0.3, -0.25) is 9.52 Å². The molecule has 0 saturated heterocycles. The van der Waals surface area contributed by atoms with Gasteiger partial charge in [0.2, 0.25) is 0 Å². The molecular weight excluding hydrogens is 354 g/mol. The van der Waals surface area contributed by atoms with E-state index in [1.165, 1.54) is 30.3 Å². The van der Waals surface area contributed by atoms with Gasteiger partial charge < -0.3 is 9.84 Å². The van der Waals surface area contributed by atoms with E-state index < -0.39 is 10.0 Å². The monoisotopic (exact) mass is 371 g/mol. The fourth-order valence-corrected chi connectivity index (χ4v) is 3.30. The standard InChI is InChI=1S/C18H17N3O4S/c1-12-4-3-5-14(10-12)18(22)19-15-6-8-16(9-7-15)26(23,24)21-17-11-13(2)25-20-17/h3-11H,1-2H3,(H,19,22)(H,20,21). The summed E-state index contributed by atoms with van der Waals surface area (Å²) < 4.78 is 31.8. The molecule has 0 atom stereocenters. The van der Waals surface area contributed by atoms with E-state index in [1.807, 2.05) is 13.0 Å². The van der Waals surface area contributed by atoms with Crippen molar-refractivity contribution in [2.75, 3.05) is 10.0 Å². The van der Waals surface area contributed by atoms with E-state index in [2.05, 4.69) is 15.2 Å². The zero-order valence-electron chi connectivity index (χ0n) is 14.2. The smallest absolute Gasteiger partial charge is 0.263 e. The average Bonchev–Trinajstić information content (AvgIpc) is 2.99. The summed E-state index contributed by atoms with van der Waals surface area (Å²) in [6.07, 6.45) is 0. The van der Waals surface area contributed by atoms with Gasteiger partial charge in [0.1, 0.15) is 5.76 Å². The Bertz CT molecular complexity index is 1040. The lowest BCUT2D eigenvalue weighted by Gasteiger charge is -2.08. The second-order valence-corrected chi connectivity index (χ2v) is 7.46. The number of benzene rings is 2. The number of rotatable bonds is 5. The molecule has 0 aliphatic rings. The van der Waals surface area contributed by atoms with E-state index in [9.17, 15) is 13.2 Å². The first-order valence-electron chi connectivity index (χ1n) is 7.78. The Hall–Kier alpha value is -3.13. The number of nitrogens with one attached hydrogen (secondary N) is 2. The maximum Gasteiger partial charge on any atom is 0.263 e. The number of nitrogens with zero attached hydrogens (tertiary/aromatic N) is 1. The molecule has 0 bridgehead atoms. The van der Waals surface area contributed by atoms with Crippen LogP contribution in [0.15, 0.2) is 64.0 Å². The zero-order chi connectivity index (χ0) is 18.7. The molecule has 26 heavy (non-hydrogen) atoms. The van der Waals surface area contributed by atoms with Gasteiger partial charge in [0.05, 0.1) is 4.90 Å². The Morgan fingerprint density at radius 1 is 1.04 bits per heavy atom. The van der Waals surface area contributed by atoms with Crippen molar-refractivity contribution in [2.45, 2.75) is 18.7 Å². The van der Waals surface area contributed by atoms with Gasteiger partial charge in [0.15, 0.2) is 5.82 Å². The topological polar surface area (TPSA) is 101 Å². The van der Waals surface area contributed by atoms with Gasteiger partial charge in [-0.1, -0.05) is 22.9 Å². The van der Waals surface area contributed by atoms with Gasteiger partial charge in [-0.2, -0.15) is 0 Å². The third kappa shape index (κ3) is 4.09. The number of aryl methyl sites for hydroxylation is 2. The van der Waals surface area contributed by atoms with Crippen LogP contribution < -0.4 is 10.0 Å². The molecule has 0 fully saturated rings. The largest absolute Gasteiger partial charge is 0.360 e. The molecule has 0 unspecified atom stereocenters. The van der Waals surface area contributed by atoms with Crippen LogP contribution in [0.4, 0.5) is 11.5 Å². The first-order chi connectivity index (χ1) is 12.3. The second-order valence-electron chi connectivity index (χ2n) is 5.78. The van der Waals surface area contributed by atoms with Crippen molar-refractivity contribution < 1.29 is 17.7 Å². The highest BCUT2D eigenvalue weighted by Crippen LogP contribution is 2.18. The number of hydrogen-bond acceptors (Lipinski definition) is 5. The van der Waals surface area contributed by atoms with Crippen LogP contribution in [0.25, 0.3) is 0 Å². The molecule has 8 heteroatoms. The third-order valence-corrected chi connectivity index (χ3v) is 4.94. The highest BCUT2D eigenvalue weighted by Gasteiger charge is 2.16.